The standard InChI is InChI=1S/C19H21N3O2/c1-22(2)19(23)24-21-18-11-9-16-5-3-15(4-6-16)7-8-17(10-12-18)13-14-20/h3-6,10,12-13H,7-9,11H2,1-2H3/b12-10-,17-13-,21-18+. The molecule has 0 saturated heterocycles. The Bertz CT molecular complexity index is 707. The normalized spacial score (nSPS) is 19.2. The van der Waals surface area contributed by atoms with Gasteiger partial charge in [0.25, 0.3) is 0 Å². The van der Waals surface area contributed by atoms with Crippen molar-refractivity contribution in [1.29, 1.82) is 5.26 Å². The molecule has 1 aromatic carbocycles. The Hall–Kier alpha value is -2.87. The van der Waals surface area contributed by atoms with E-state index in [2.05, 4.69) is 35.5 Å². The molecule has 0 aliphatic heterocycles. The van der Waals surface area contributed by atoms with Crippen LogP contribution in [-0.2, 0) is 17.7 Å². The van der Waals surface area contributed by atoms with Crippen LogP contribution in [0.1, 0.15) is 24.0 Å². The smallest absolute Gasteiger partial charge is 0.312 e. The minimum absolute atomic E-state index is 0.515. The number of hydrogen-bond acceptors (Lipinski definition) is 4. The number of aryl methyl sites for hydroxylation is 2. The van der Waals surface area contributed by atoms with Gasteiger partial charge in [-0.2, -0.15) is 5.26 Å². The first kappa shape index (κ1) is 17.5. The molecular formula is C19H21N3O2. The molecule has 0 radical (unpaired) electrons. The second-order valence-corrected chi connectivity index (χ2v) is 5.83. The molecule has 5 nitrogen and oxygen atoms in total. The van der Waals surface area contributed by atoms with Crippen LogP contribution in [0.3, 0.4) is 0 Å². The molecular weight excluding hydrogens is 302 g/mol. The second-order valence-electron chi connectivity index (χ2n) is 5.83. The van der Waals surface area contributed by atoms with Gasteiger partial charge in [-0.25, -0.2) is 4.79 Å². The van der Waals surface area contributed by atoms with E-state index >= 15 is 0 Å². The summed E-state index contributed by atoms with van der Waals surface area (Å²) in [5.74, 6) is 0. The Kier molecular flexibility index (Phi) is 6.32. The number of nitrogens with zero attached hydrogens (tertiary/aromatic N) is 3. The van der Waals surface area contributed by atoms with Crippen LogP contribution in [0.2, 0.25) is 0 Å². The molecule has 0 heterocycles. The zero-order valence-electron chi connectivity index (χ0n) is 14.0. The van der Waals surface area contributed by atoms with Crippen LogP contribution in [0.5, 0.6) is 0 Å². The van der Waals surface area contributed by atoms with E-state index in [0.717, 1.165) is 24.8 Å². The van der Waals surface area contributed by atoms with Crippen molar-refractivity contribution in [2.75, 3.05) is 14.1 Å². The van der Waals surface area contributed by atoms with Gasteiger partial charge in [-0.3, -0.25) is 4.84 Å². The maximum Gasteiger partial charge on any atom is 0.435 e. The van der Waals surface area contributed by atoms with Crippen LogP contribution in [0, 0.1) is 11.3 Å². The van der Waals surface area contributed by atoms with E-state index in [9.17, 15) is 4.79 Å². The molecule has 0 unspecified atom stereocenters. The summed E-state index contributed by atoms with van der Waals surface area (Å²) in [4.78, 5) is 17.8. The molecule has 1 amide bonds. The van der Waals surface area contributed by atoms with Crippen molar-refractivity contribution < 1.29 is 9.63 Å². The van der Waals surface area contributed by atoms with E-state index in [4.69, 9.17) is 10.1 Å². The summed E-state index contributed by atoms with van der Waals surface area (Å²) in [6.07, 6.45) is 7.82. The van der Waals surface area contributed by atoms with Gasteiger partial charge in [-0.1, -0.05) is 35.5 Å². The Balaban J connectivity index is 2.25. The summed E-state index contributed by atoms with van der Waals surface area (Å²) in [7, 11) is 3.21. The Morgan fingerprint density at radius 3 is 2.33 bits per heavy atom. The number of rotatable bonds is 1. The van der Waals surface area contributed by atoms with Crippen molar-refractivity contribution >= 4 is 11.8 Å². The third-order valence-electron chi connectivity index (χ3n) is 3.74. The number of allylic oxidation sites excluding steroid dienone is 4. The molecule has 1 aromatic rings. The molecule has 3 rings (SSSR count). The van der Waals surface area contributed by atoms with Crippen molar-refractivity contribution in [2.45, 2.75) is 25.7 Å². The van der Waals surface area contributed by atoms with E-state index in [-0.39, 0.29) is 0 Å². The van der Waals surface area contributed by atoms with Gasteiger partial charge in [-0.05, 0) is 48.5 Å². The summed E-state index contributed by atoms with van der Waals surface area (Å²) in [6, 6.07) is 10.5. The lowest BCUT2D eigenvalue weighted by atomic mass is 9.98. The Labute approximate surface area is 142 Å². The molecule has 0 saturated carbocycles. The van der Waals surface area contributed by atoms with Crippen molar-refractivity contribution in [2.24, 2.45) is 5.16 Å². The van der Waals surface area contributed by atoms with Crippen molar-refractivity contribution in [3.63, 3.8) is 0 Å². The largest absolute Gasteiger partial charge is 0.435 e. The number of hydrogen-bond donors (Lipinski definition) is 0. The highest BCUT2D eigenvalue weighted by atomic mass is 16.7. The molecule has 0 aromatic heterocycles. The third-order valence-corrected chi connectivity index (χ3v) is 3.74. The van der Waals surface area contributed by atoms with E-state index in [1.54, 1.807) is 20.2 Å². The maximum atomic E-state index is 11.5. The molecule has 24 heavy (non-hydrogen) atoms. The molecule has 124 valence electrons. The molecule has 2 aliphatic rings. The number of nitriles is 1. The van der Waals surface area contributed by atoms with Crippen molar-refractivity contribution in [3.05, 3.63) is 59.2 Å². The van der Waals surface area contributed by atoms with Gasteiger partial charge in [0.15, 0.2) is 0 Å². The second kappa shape index (κ2) is 8.68. The van der Waals surface area contributed by atoms with Gasteiger partial charge < -0.3 is 4.90 Å². The highest BCUT2D eigenvalue weighted by Gasteiger charge is 2.07. The number of amides is 1. The monoisotopic (exact) mass is 323 g/mol. The highest BCUT2D eigenvalue weighted by Crippen LogP contribution is 2.15. The zero-order chi connectivity index (χ0) is 17.4. The van der Waals surface area contributed by atoms with E-state index in [0.29, 0.717) is 12.1 Å². The Morgan fingerprint density at radius 2 is 1.75 bits per heavy atom. The number of carbonyl (C=O) groups excluding carboxylic acids is 1. The molecule has 0 N–H and O–H groups in total. The van der Waals surface area contributed by atoms with Crippen LogP contribution >= 0.6 is 0 Å². The van der Waals surface area contributed by atoms with Gasteiger partial charge >= 0.3 is 6.09 Å². The molecule has 2 aliphatic carbocycles. The SMILES string of the molecule is CN(C)C(=O)O/N=C1/C=C\C(=C/C#N)CCc2ccc(cc2)CC1. The summed E-state index contributed by atoms with van der Waals surface area (Å²) in [5, 5.41) is 12.9. The Morgan fingerprint density at radius 1 is 1.12 bits per heavy atom. The van der Waals surface area contributed by atoms with E-state index < -0.39 is 6.09 Å². The van der Waals surface area contributed by atoms with Gasteiger partial charge in [0, 0.05) is 20.2 Å². The number of carbonyl (C=O) groups is 1. The third kappa shape index (κ3) is 5.40. The predicted molar refractivity (Wildman–Crippen MR) is 93.5 cm³/mol. The predicted octanol–water partition coefficient (Wildman–Crippen LogP) is 3.63. The first-order valence-electron chi connectivity index (χ1n) is 7.88. The average Bonchev–Trinajstić information content (AvgIpc) is 2.57. The summed E-state index contributed by atoms with van der Waals surface area (Å²) in [6.45, 7) is 0. The first-order valence-corrected chi connectivity index (χ1v) is 7.88. The zero-order valence-corrected chi connectivity index (χ0v) is 14.0. The number of fused-ring (bicyclic) bond motifs is 8. The lowest BCUT2D eigenvalue weighted by Crippen LogP contribution is -2.21. The molecule has 2 bridgehead atoms. The fourth-order valence-electron chi connectivity index (χ4n) is 2.26. The quantitative estimate of drug-likeness (QED) is 0.450. The van der Waals surface area contributed by atoms with E-state index in [1.165, 1.54) is 16.0 Å². The first-order chi connectivity index (χ1) is 11.6. The van der Waals surface area contributed by atoms with Crippen LogP contribution < -0.4 is 0 Å². The van der Waals surface area contributed by atoms with Crippen LogP contribution in [-0.4, -0.2) is 30.8 Å². The van der Waals surface area contributed by atoms with Crippen LogP contribution in [0.15, 0.2) is 53.2 Å². The van der Waals surface area contributed by atoms with Crippen molar-refractivity contribution in [1.82, 2.24) is 4.90 Å². The van der Waals surface area contributed by atoms with Gasteiger partial charge in [0.2, 0.25) is 0 Å². The topological polar surface area (TPSA) is 65.7 Å². The molecule has 5 heteroatoms. The number of benzene rings is 1. The van der Waals surface area contributed by atoms with Gasteiger partial charge in [0.1, 0.15) is 0 Å². The molecule has 0 fully saturated rings. The minimum atomic E-state index is -0.515. The lowest BCUT2D eigenvalue weighted by Gasteiger charge is -2.09. The molecule has 0 atom stereocenters. The van der Waals surface area contributed by atoms with Crippen LogP contribution in [0.4, 0.5) is 4.79 Å². The maximum absolute atomic E-state index is 11.5. The fraction of sp³-hybridized carbons (Fsp3) is 0.316. The lowest BCUT2D eigenvalue weighted by molar-refractivity contribution is 0.122. The van der Waals surface area contributed by atoms with E-state index in [1.807, 2.05) is 12.2 Å². The highest BCUT2D eigenvalue weighted by molar-refractivity contribution is 5.95. The van der Waals surface area contributed by atoms with Gasteiger partial charge in [-0.15, -0.1) is 0 Å². The average molecular weight is 323 g/mol. The van der Waals surface area contributed by atoms with Gasteiger partial charge in [0.05, 0.1) is 11.8 Å². The summed E-state index contributed by atoms with van der Waals surface area (Å²) >= 11 is 0. The minimum Gasteiger partial charge on any atom is -0.312 e. The number of oxime groups is 1. The molecule has 0 spiro atoms. The summed E-state index contributed by atoms with van der Waals surface area (Å²) in [5.41, 5.74) is 4.06. The fourth-order valence-corrected chi connectivity index (χ4v) is 2.26. The van der Waals surface area contributed by atoms with Crippen LogP contribution in [0.25, 0.3) is 0 Å². The summed E-state index contributed by atoms with van der Waals surface area (Å²) < 4.78 is 0. The van der Waals surface area contributed by atoms with Crippen molar-refractivity contribution in [3.8, 4) is 6.07 Å².